The molecular formula is C21H28N2O2. The molecule has 2 aromatic rings. The molecule has 1 aromatic carbocycles. The number of ether oxygens (including phenoxy) is 1. The summed E-state index contributed by atoms with van der Waals surface area (Å²) in [5.41, 5.74) is 5.52. The number of likely N-dealkylation sites (N-methyl/N-ethyl adjacent to an activating group) is 1. The molecule has 1 aliphatic carbocycles. The zero-order valence-corrected chi connectivity index (χ0v) is 15.8. The maximum Gasteiger partial charge on any atom is 0.309 e. The first-order valence-corrected chi connectivity index (χ1v) is 9.22. The second-order valence-electron chi connectivity index (χ2n) is 8.83. The van der Waals surface area contributed by atoms with Gasteiger partial charge in [-0.05, 0) is 48.1 Å². The second kappa shape index (κ2) is 5.60. The number of rotatable bonds is 1. The summed E-state index contributed by atoms with van der Waals surface area (Å²) in [5, 5.41) is 1.38. The molecule has 25 heavy (non-hydrogen) atoms. The molecule has 0 radical (unpaired) electrons. The van der Waals surface area contributed by atoms with Crippen LogP contribution < -0.4 is 0 Å². The molecule has 134 valence electrons. The highest BCUT2D eigenvalue weighted by Crippen LogP contribution is 2.46. The lowest BCUT2D eigenvalue weighted by Gasteiger charge is -2.45. The molecule has 0 spiro atoms. The molecular weight excluding hydrogens is 312 g/mol. The third-order valence-corrected chi connectivity index (χ3v) is 6.20. The van der Waals surface area contributed by atoms with Crippen molar-refractivity contribution in [1.82, 2.24) is 9.88 Å². The third-order valence-electron chi connectivity index (χ3n) is 6.20. The third kappa shape index (κ3) is 2.58. The monoisotopic (exact) mass is 340 g/mol. The predicted octanol–water partition coefficient (Wildman–Crippen LogP) is 3.60. The largest absolute Gasteiger partial charge is 0.469 e. The van der Waals surface area contributed by atoms with Gasteiger partial charge in [0.05, 0.1) is 13.0 Å². The molecule has 1 saturated heterocycles. The van der Waals surface area contributed by atoms with Crippen LogP contribution in [-0.4, -0.2) is 42.6 Å². The standard InChI is InChI=1S/C21H28N2O2/c1-21(2,3)14-8-16-15-6-13(20(24)25-5)11-23(4)18(15)7-12-10-22-17(9-14)19(12)16/h8-10,13,15,18,22H,6-7,11H2,1-5H3/t13?,15-,18-/m1/s1. The van der Waals surface area contributed by atoms with E-state index in [1.54, 1.807) is 0 Å². The van der Waals surface area contributed by atoms with Crippen LogP contribution in [0.25, 0.3) is 10.9 Å². The molecule has 0 amide bonds. The normalized spacial score (nSPS) is 26.5. The van der Waals surface area contributed by atoms with Gasteiger partial charge in [-0.3, -0.25) is 4.79 Å². The first-order chi connectivity index (χ1) is 11.8. The number of H-pyrrole nitrogens is 1. The van der Waals surface area contributed by atoms with Crippen LogP contribution in [0.2, 0.25) is 0 Å². The summed E-state index contributed by atoms with van der Waals surface area (Å²) in [5.74, 6) is 0.273. The lowest BCUT2D eigenvalue weighted by molar-refractivity contribution is -0.148. The zero-order chi connectivity index (χ0) is 17.9. The number of carbonyl (C=O) groups is 1. The fourth-order valence-corrected chi connectivity index (χ4v) is 4.78. The van der Waals surface area contributed by atoms with Gasteiger partial charge in [0.25, 0.3) is 0 Å². The number of aromatic nitrogens is 1. The number of hydrogen-bond donors (Lipinski definition) is 1. The van der Waals surface area contributed by atoms with E-state index < -0.39 is 0 Å². The van der Waals surface area contributed by atoms with E-state index >= 15 is 0 Å². The molecule has 1 N–H and O–H groups in total. The fraction of sp³-hybridized carbons (Fsp3) is 0.571. The maximum absolute atomic E-state index is 12.2. The number of benzene rings is 1. The van der Waals surface area contributed by atoms with Gasteiger partial charge in [-0.25, -0.2) is 0 Å². The Bertz CT molecular complexity index is 830. The summed E-state index contributed by atoms with van der Waals surface area (Å²) >= 11 is 0. The van der Waals surface area contributed by atoms with Gasteiger partial charge < -0.3 is 14.6 Å². The number of likely N-dealkylation sites (tertiary alicyclic amines) is 1. The number of carbonyl (C=O) groups excluding carboxylic acids is 1. The Morgan fingerprint density at radius 2 is 2.08 bits per heavy atom. The van der Waals surface area contributed by atoms with Crippen LogP contribution >= 0.6 is 0 Å². The number of esters is 1. The summed E-state index contributed by atoms with van der Waals surface area (Å²) in [6, 6.07) is 5.15. The second-order valence-corrected chi connectivity index (χ2v) is 8.83. The number of aromatic amines is 1. The first-order valence-electron chi connectivity index (χ1n) is 9.22. The van der Waals surface area contributed by atoms with Crippen LogP contribution in [-0.2, 0) is 21.4 Å². The van der Waals surface area contributed by atoms with Gasteiger partial charge >= 0.3 is 5.97 Å². The molecule has 4 nitrogen and oxygen atoms in total. The SMILES string of the molecule is COC(=O)C1C[C@@H]2c3cc(C(C)(C)C)cc4[nH]cc(c34)C[C@H]2N(C)C1. The highest BCUT2D eigenvalue weighted by Gasteiger charge is 2.42. The van der Waals surface area contributed by atoms with Gasteiger partial charge in [-0.2, -0.15) is 0 Å². The molecule has 0 saturated carbocycles. The highest BCUT2D eigenvalue weighted by atomic mass is 16.5. The number of hydrogen-bond acceptors (Lipinski definition) is 3. The minimum Gasteiger partial charge on any atom is -0.469 e. The van der Waals surface area contributed by atoms with Crippen molar-refractivity contribution in [3.05, 3.63) is 35.0 Å². The highest BCUT2D eigenvalue weighted by molar-refractivity contribution is 5.89. The molecule has 4 heteroatoms. The predicted molar refractivity (Wildman–Crippen MR) is 100.0 cm³/mol. The van der Waals surface area contributed by atoms with Crippen molar-refractivity contribution < 1.29 is 9.53 Å². The Hall–Kier alpha value is -1.81. The van der Waals surface area contributed by atoms with E-state index in [1.165, 1.54) is 34.7 Å². The molecule has 1 aromatic heterocycles. The van der Waals surface area contributed by atoms with Gasteiger partial charge in [0.1, 0.15) is 0 Å². The Labute approximate surface area is 149 Å². The van der Waals surface area contributed by atoms with Crippen molar-refractivity contribution in [1.29, 1.82) is 0 Å². The average Bonchev–Trinajstić information content (AvgIpc) is 2.98. The van der Waals surface area contributed by atoms with Crippen LogP contribution in [0, 0.1) is 5.92 Å². The van der Waals surface area contributed by atoms with Crippen LogP contribution in [0.3, 0.4) is 0 Å². The number of piperidine rings is 1. The first kappa shape index (κ1) is 16.6. The van der Waals surface area contributed by atoms with Gasteiger partial charge in [0.2, 0.25) is 0 Å². The van der Waals surface area contributed by atoms with Crippen molar-refractivity contribution in [2.24, 2.45) is 5.92 Å². The smallest absolute Gasteiger partial charge is 0.309 e. The molecule has 1 unspecified atom stereocenters. The number of nitrogens with zero attached hydrogens (tertiary/aromatic N) is 1. The van der Waals surface area contributed by atoms with Crippen LogP contribution in [0.1, 0.15) is 49.8 Å². The van der Waals surface area contributed by atoms with Crippen molar-refractivity contribution in [2.45, 2.75) is 51.0 Å². The molecule has 2 heterocycles. The van der Waals surface area contributed by atoms with E-state index in [4.69, 9.17) is 4.74 Å². The van der Waals surface area contributed by atoms with Crippen LogP contribution in [0.4, 0.5) is 0 Å². The average molecular weight is 340 g/mol. The fourth-order valence-electron chi connectivity index (χ4n) is 4.78. The minimum absolute atomic E-state index is 0.0370. The molecule has 2 aliphatic rings. The van der Waals surface area contributed by atoms with E-state index in [0.29, 0.717) is 12.0 Å². The topological polar surface area (TPSA) is 45.3 Å². The number of methoxy groups -OCH3 is 1. The Morgan fingerprint density at radius 3 is 2.76 bits per heavy atom. The minimum atomic E-state index is -0.0756. The van der Waals surface area contributed by atoms with Gasteiger partial charge in [-0.1, -0.05) is 26.8 Å². The lowest BCUT2D eigenvalue weighted by atomic mass is 9.71. The number of fused-ring (bicyclic) bond motifs is 2. The van der Waals surface area contributed by atoms with Crippen molar-refractivity contribution in [3.63, 3.8) is 0 Å². The van der Waals surface area contributed by atoms with E-state index in [2.05, 4.69) is 56.0 Å². The molecule has 3 atom stereocenters. The summed E-state index contributed by atoms with van der Waals surface area (Å²) in [6.07, 6.45) is 4.11. The Morgan fingerprint density at radius 1 is 1.32 bits per heavy atom. The van der Waals surface area contributed by atoms with E-state index in [0.717, 1.165) is 19.4 Å². The van der Waals surface area contributed by atoms with Crippen LogP contribution in [0.15, 0.2) is 18.3 Å². The van der Waals surface area contributed by atoms with Crippen LogP contribution in [0.5, 0.6) is 0 Å². The summed E-state index contributed by atoms with van der Waals surface area (Å²) < 4.78 is 5.05. The number of nitrogens with one attached hydrogen (secondary N) is 1. The van der Waals surface area contributed by atoms with E-state index in [-0.39, 0.29) is 17.3 Å². The summed E-state index contributed by atoms with van der Waals surface area (Å²) in [4.78, 5) is 18.1. The summed E-state index contributed by atoms with van der Waals surface area (Å²) in [7, 11) is 3.65. The van der Waals surface area contributed by atoms with E-state index in [1.807, 2.05) is 0 Å². The zero-order valence-electron chi connectivity index (χ0n) is 15.8. The van der Waals surface area contributed by atoms with Gasteiger partial charge in [0.15, 0.2) is 0 Å². The molecule has 4 rings (SSSR count). The molecule has 0 bridgehead atoms. The molecule has 1 aliphatic heterocycles. The Kier molecular flexibility index (Phi) is 3.73. The summed E-state index contributed by atoms with van der Waals surface area (Å²) in [6.45, 7) is 7.57. The van der Waals surface area contributed by atoms with Crippen molar-refractivity contribution in [3.8, 4) is 0 Å². The lowest BCUT2D eigenvalue weighted by Crippen LogP contribution is -2.49. The van der Waals surface area contributed by atoms with Crippen molar-refractivity contribution in [2.75, 3.05) is 20.7 Å². The molecule has 1 fully saturated rings. The maximum atomic E-state index is 12.2. The Balaban J connectivity index is 1.85. The van der Waals surface area contributed by atoms with Crippen molar-refractivity contribution >= 4 is 16.9 Å². The van der Waals surface area contributed by atoms with E-state index in [9.17, 15) is 4.79 Å². The quantitative estimate of drug-likeness (QED) is 0.807. The van der Waals surface area contributed by atoms with Gasteiger partial charge in [0, 0.05) is 35.6 Å². The van der Waals surface area contributed by atoms with Gasteiger partial charge in [-0.15, -0.1) is 0 Å².